The number of amides is 1. The monoisotopic (exact) mass is 428 g/mol. The van der Waals surface area contributed by atoms with E-state index in [0.717, 1.165) is 61.7 Å². The van der Waals surface area contributed by atoms with Crippen molar-refractivity contribution in [3.63, 3.8) is 0 Å². The van der Waals surface area contributed by atoms with Crippen LogP contribution in [0.1, 0.15) is 44.1 Å². The number of ether oxygens (including phenoxy) is 1. The molecule has 1 N–H and O–H groups in total. The Hall–Kier alpha value is -2.12. The van der Waals surface area contributed by atoms with Crippen LogP contribution in [0, 0.1) is 12.8 Å². The molecule has 4 rings (SSSR count). The molecule has 0 atom stereocenters. The number of hydrogen-bond donors (Lipinski definition) is 1. The molecule has 0 spiro atoms. The van der Waals surface area contributed by atoms with E-state index in [1.165, 1.54) is 31.4 Å². The van der Waals surface area contributed by atoms with Crippen LogP contribution in [0.3, 0.4) is 0 Å². The third-order valence-corrected chi connectivity index (χ3v) is 6.88. The minimum Gasteiger partial charge on any atom is -0.384 e. The van der Waals surface area contributed by atoms with E-state index in [1.807, 2.05) is 0 Å². The smallest absolute Gasteiger partial charge is 0.222 e. The van der Waals surface area contributed by atoms with Crippen LogP contribution in [0.4, 0.5) is 5.82 Å². The first-order valence-corrected chi connectivity index (χ1v) is 11.7. The van der Waals surface area contributed by atoms with Crippen molar-refractivity contribution in [2.24, 2.45) is 5.92 Å². The normalized spacial score (nSPS) is 22.7. The highest BCUT2D eigenvalue weighted by Gasteiger charge is 2.25. The molecule has 2 heterocycles. The number of nitrogens with zero attached hydrogens (tertiary/aromatic N) is 3. The zero-order valence-electron chi connectivity index (χ0n) is 18.9. The zero-order valence-corrected chi connectivity index (χ0v) is 18.9. The Morgan fingerprint density at radius 1 is 1.19 bits per heavy atom. The summed E-state index contributed by atoms with van der Waals surface area (Å²) in [5.74, 6) is 1.89. The summed E-state index contributed by atoms with van der Waals surface area (Å²) in [7, 11) is 1.63. The standard InChI is InChI=1S/C24H36N4O3/c1-18-3-8-21-22(17-18)31-26-24(21)28-14-12-27(13-15-28)11-9-19-4-6-20(7-5-19)25-23(29)10-16-30-2/h3,8,17,19-20H,4-7,9-16H2,1-2H3,(H,25,29)/t19-,20-. The summed E-state index contributed by atoms with van der Waals surface area (Å²) in [6.07, 6.45) is 6.38. The number of carbonyl (C=O) groups is 1. The predicted octanol–water partition coefficient (Wildman–Crippen LogP) is 3.36. The first kappa shape index (κ1) is 22.1. The van der Waals surface area contributed by atoms with Gasteiger partial charge in [0.25, 0.3) is 0 Å². The summed E-state index contributed by atoms with van der Waals surface area (Å²) in [4.78, 5) is 16.8. The highest BCUT2D eigenvalue weighted by molar-refractivity contribution is 5.89. The average Bonchev–Trinajstić information content (AvgIpc) is 3.20. The maximum atomic E-state index is 11.9. The Bertz CT molecular complexity index is 852. The van der Waals surface area contributed by atoms with Crippen LogP contribution in [-0.2, 0) is 9.53 Å². The van der Waals surface area contributed by atoms with Gasteiger partial charge >= 0.3 is 0 Å². The second kappa shape index (κ2) is 10.5. The topological polar surface area (TPSA) is 70.8 Å². The van der Waals surface area contributed by atoms with Gasteiger partial charge in [0.05, 0.1) is 12.0 Å². The van der Waals surface area contributed by atoms with Crippen LogP contribution in [0.25, 0.3) is 11.0 Å². The van der Waals surface area contributed by atoms with Gasteiger partial charge < -0.3 is 19.5 Å². The summed E-state index contributed by atoms with van der Waals surface area (Å²) in [6, 6.07) is 6.66. The number of hydrogen-bond acceptors (Lipinski definition) is 6. The van der Waals surface area contributed by atoms with Gasteiger partial charge in [0.1, 0.15) is 0 Å². The van der Waals surface area contributed by atoms with Crippen molar-refractivity contribution < 1.29 is 14.1 Å². The molecule has 1 amide bonds. The minimum absolute atomic E-state index is 0.123. The molecule has 0 unspecified atom stereocenters. The van der Waals surface area contributed by atoms with Crippen molar-refractivity contribution >= 4 is 22.7 Å². The van der Waals surface area contributed by atoms with Gasteiger partial charge in [-0.25, -0.2) is 0 Å². The van der Waals surface area contributed by atoms with Gasteiger partial charge in [-0.2, -0.15) is 0 Å². The molecule has 1 aliphatic heterocycles. The van der Waals surface area contributed by atoms with Gasteiger partial charge in [-0.3, -0.25) is 9.69 Å². The van der Waals surface area contributed by atoms with Crippen LogP contribution in [-0.4, -0.2) is 68.4 Å². The number of benzene rings is 1. The maximum Gasteiger partial charge on any atom is 0.222 e. The molecule has 7 nitrogen and oxygen atoms in total. The van der Waals surface area contributed by atoms with Crippen LogP contribution >= 0.6 is 0 Å². The van der Waals surface area contributed by atoms with Crippen LogP contribution in [0.2, 0.25) is 0 Å². The van der Waals surface area contributed by atoms with E-state index < -0.39 is 0 Å². The van der Waals surface area contributed by atoms with Gasteiger partial charge in [0.15, 0.2) is 11.4 Å². The number of piperazine rings is 1. The number of fused-ring (bicyclic) bond motifs is 1. The van der Waals surface area contributed by atoms with Crippen molar-refractivity contribution in [2.75, 3.05) is 51.3 Å². The van der Waals surface area contributed by atoms with Crippen molar-refractivity contribution in [2.45, 2.75) is 51.5 Å². The third-order valence-electron chi connectivity index (χ3n) is 6.88. The largest absolute Gasteiger partial charge is 0.384 e. The lowest BCUT2D eigenvalue weighted by atomic mass is 9.84. The molecule has 1 aliphatic carbocycles. The summed E-state index contributed by atoms with van der Waals surface area (Å²) >= 11 is 0. The number of rotatable bonds is 8. The quantitative estimate of drug-likeness (QED) is 0.695. The fourth-order valence-electron chi connectivity index (χ4n) is 4.90. The van der Waals surface area contributed by atoms with Crippen LogP contribution in [0.15, 0.2) is 22.7 Å². The third kappa shape index (κ3) is 5.77. The van der Waals surface area contributed by atoms with Gasteiger partial charge in [-0.15, -0.1) is 0 Å². The molecule has 2 fully saturated rings. The van der Waals surface area contributed by atoms with Crippen molar-refractivity contribution in [1.82, 2.24) is 15.4 Å². The van der Waals surface area contributed by atoms with E-state index in [-0.39, 0.29) is 5.91 Å². The number of anilines is 1. The van der Waals surface area contributed by atoms with Crippen LogP contribution < -0.4 is 10.2 Å². The number of carbonyl (C=O) groups excluding carboxylic acids is 1. The highest BCUT2D eigenvalue weighted by Crippen LogP contribution is 2.29. The van der Waals surface area contributed by atoms with Crippen molar-refractivity contribution in [3.8, 4) is 0 Å². The molecule has 0 radical (unpaired) electrons. The molecule has 170 valence electrons. The molecule has 2 aliphatic rings. The van der Waals surface area contributed by atoms with Gasteiger partial charge in [0, 0.05) is 45.8 Å². The fraction of sp³-hybridized carbons (Fsp3) is 0.667. The maximum absolute atomic E-state index is 11.9. The second-order valence-electron chi connectivity index (χ2n) is 9.15. The second-order valence-corrected chi connectivity index (χ2v) is 9.15. The molecule has 1 aromatic carbocycles. The number of aromatic nitrogens is 1. The molecular formula is C24H36N4O3. The van der Waals surface area contributed by atoms with E-state index in [2.05, 4.69) is 45.4 Å². The molecule has 0 bridgehead atoms. The van der Waals surface area contributed by atoms with E-state index in [0.29, 0.717) is 19.1 Å². The summed E-state index contributed by atoms with van der Waals surface area (Å²) in [5, 5.41) is 8.62. The Kier molecular flexibility index (Phi) is 7.45. The summed E-state index contributed by atoms with van der Waals surface area (Å²) < 4.78 is 10.5. The van der Waals surface area contributed by atoms with Crippen molar-refractivity contribution in [1.29, 1.82) is 0 Å². The lowest BCUT2D eigenvalue weighted by molar-refractivity contribution is -0.122. The Labute approximate surface area is 185 Å². The van der Waals surface area contributed by atoms with E-state index in [1.54, 1.807) is 7.11 Å². The SMILES string of the molecule is COCCC(=O)N[C@H]1CC[C@H](CCN2CCN(c3noc4cc(C)ccc34)CC2)CC1. The van der Waals surface area contributed by atoms with E-state index >= 15 is 0 Å². The molecule has 1 aromatic heterocycles. The van der Waals surface area contributed by atoms with Crippen molar-refractivity contribution in [3.05, 3.63) is 23.8 Å². The number of nitrogens with one attached hydrogen (secondary N) is 1. The summed E-state index contributed by atoms with van der Waals surface area (Å²) in [5.41, 5.74) is 2.07. The summed E-state index contributed by atoms with van der Waals surface area (Å²) in [6.45, 7) is 7.89. The minimum atomic E-state index is 0.123. The number of aryl methyl sites for hydroxylation is 1. The van der Waals surface area contributed by atoms with Gasteiger partial charge in [-0.05, 0) is 69.2 Å². The first-order chi connectivity index (χ1) is 15.1. The lowest BCUT2D eigenvalue weighted by Crippen LogP contribution is -2.47. The highest BCUT2D eigenvalue weighted by atomic mass is 16.5. The van der Waals surface area contributed by atoms with Gasteiger partial charge in [-0.1, -0.05) is 11.2 Å². The Balaban J connectivity index is 1.16. The van der Waals surface area contributed by atoms with Gasteiger partial charge in [0.2, 0.25) is 5.91 Å². The number of methoxy groups -OCH3 is 1. The van der Waals surface area contributed by atoms with Crippen LogP contribution in [0.5, 0.6) is 0 Å². The molecule has 1 saturated carbocycles. The predicted molar refractivity (Wildman–Crippen MR) is 122 cm³/mol. The average molecular weight is 429 g/mol. The molecule has 31 heavy (non-hydrogen) atoms. The molecular weight excluding hydrogens is 392 g/mol. The Morgan fingerprint density at radius 2 is 1.97 bits per heavy atom. The fourth-order valence-corrected chi connectivity index (χ4v) is 4.90. The first-order valence-electron chi connectivity index (χ1n) is 11.7. The molecule has 7 heteroatoms. The van der Waals surface area contributed by atoms with E-state index in [4.69, 9.17) is 9.26 Å². The van der Waals surface area contributed by atoms with E-state index in [9.17, 15) is 4.79 Å². The Morgan fingerprint density at radius 3 is 2.71 bits per heavy atom. The lowest BCUT2D eigenvalue weighted by Gasteiger charge is -2.36. The molecule has 1 saturated heterocycles. The molecule has 2 aromatic rings. The zero-order chi connectivity index (χ0) is 21.6.